The van der Waals surface area contributed by atoms with Gasteiger partial charge in [0.1, 0.15) is 23.4 Å². The third-order valence-electron chi connectivity index (χ3n) is 4.74. The van der Waals surface area contributed by atoms with E-state index in [1.807, 2.05) is 32.0 Å². The maximum absolute atomic E-state index is 12.8. The zero-order valence-electron chi connectivity index (χ0n) is 16.0. The van der Waals surface area contributed by atoms with Gasteiger partial charge in [-0.05, 0) is 39.0 Å². The zero-order chi connectivity index (χ0) is 19.7. The molecule has 8 heteroatoms. The third-order valence-corrected chi connectivity index (χ3v) is 4.74. The second-order valence-electron chi connectivity index (χ2n) is 6.75. The van der Waals surface area contributed by atoms with Gasteiger partial charge in [-0.3, -0.25) is 4.79 Å². The van der Waals surface area contributed by atoms with Gasteiger partial charge in [-0.1, -0.05) is 11.2 Å². The third kappa shape index (κ3) is 3.50. The lowest BCUT2D eigenvalue weighted by Gasteiger charge is -2.32. The lowest BCUT2D eigenvalue weighted by Crippen LogP contribution is -2.42. The molecule has 1 fully saturated rings. The van der Waals surface area contributed by atoms with Crippen molar-refractivity contribution in [2.75, 3.05) is 19.7 Å². The molecule has 0 aromatic carbocycles. The first-order chi connectivity index (χ1) is 13.5. The summed E-state index contributed by atoms with van der Waals surface area (Å²) in [5, 5.41) is 4.00. The summed E-state index contributed by atoms with van der Waals surface area (Å²) < 4.78 is 11.2. The highest BCUT2D eigenvalue weighted by Crippen LogP contribution is 2.28. The molecular weight excluding hydrogens is 358 g/mol. The molecule has 0 aliphatic carbocycles. The molecule has 0 saturated carbocycles. The number of hydrogen-bond donors (Lipinski definition) is 0. The number of ether oxygens (including phenoxy) is 1. The molecule has 0 N–H and O–H groups in total. The van der Waals surface area contributed by atoms with Gasteiger partial charge in [0.2, 0.25) is 0 Å². The van der Waals surface area contributed by atoms with E-state index in [0.717, 1.165) is 28.4 Å². The number of aryl methyl sites for hydroxylation is 3. The van der Waals surface area contributed by atoms with E-state index in [0.29, 0.717) is 31.2 Å². The Kier molecular flexibility index (Phi) is 4.87. The van der Waals surface area contributed by atoms with Crippen LogP contribution in [0.4, 0.5) is 0 Å². The number of carbonyl (C=O) groups excluding carboxylic acids is 1. The maximum Gasteiger partial charge on any atom is 0.272 e. The Balaban J connectivity index is 1.57. The van der Waals surface area contributed by atoms with Crippen LogP contribution in [0.2, 0.25) is 0 Å². The Bertz CT molecular complexity index is 997. The van der Waals surface area contributed by atoms with Gasteiger partial charge in [0, 0.05) is 12.7 Å². The van der Waals surface area contributed by atoms with Crippen molar-refractivity contribution in [1.82, 2.24) is 25.0 Å². The van der Waals surface area contributed by atoms with E-state index < -0.39 is 0 Å². The van der Waals surface area contributed by atoms with Crippen molar-refractivity contribution >= 4 is 5.91 Å². The fraction of sp³-hybridized carbons (Fsp3) is 0.350. The van der Waals surface area contributed by atoms with Crippen molar-refractivity contribution in [3.8, 4) is 11.3 Å². The fourth-order valence-corrected chi connectivity index (χ4v) is 3.37. The number of hydrogen-bond acceptors (Lipinski definition) is 7. The quantitative estimate of drug-likeness (QED) is 0.690. The van der Waals surface area contributed by atoms with Crippen LogP contribution in [0.3, 0.4) is 0 Å². The van der Waals surface area contributed by atoms with Crippen molar-refractivity contribution in [2.45, 2.75) is 26.9 Å². The minimum absolute atomic E-state index is 0.124. The SMILES string of the molecule is Cc1nccc(C(=O)N2CCO[C@H](c3cccc(-c4c(C)noc4C)n3)C2)n1. The van der Waals surface area contributed by atoms with Crippen LogP contribution in [-0.2, 0) is 4.74 Å². The molecule has 8 nitrogen and oxygen atoms in total. The number of morpholine rings is 1. The van der Waals surface area contributed by atoms with Crippen LogP contribution in [0.5, 0.6) is 0 Å². The van der Waals surface area contributed by atoms with E-state index in [9.17, 15) is 4.79 Å². The van der Waals surface area contributed by atoms with Crippen molar-refractivity contribution in [3.05, 3.63) is 59.1 Å². The van der Waals surface area contributed by atoms with Crippen LogP contribution >= 0.6 is 0 Å². The highest BCUT2D eigenvalue weighted by atomic mass is 16.5. The summed E-state index contributed by atoms with van der Waals surface area (Å²) in [7, 11) is 0. The van der Waals surface area contributed by atoms with Crippen LogP contribution in [0.15, 0.2) is 35.0 Å². The summed E-state index contributed by atoms with van der Waals surface area (Å²) in [4.78, 5) is 27.6. The topological polar surface area (TPSA) is 94.2 Å². The van der Waals surface area contributed by atoms with Crippen LogP contribution in [-0.4, -0.2) is 50.6 Å². The normalized spacial score (nSPS) is 17.0. The molecule has 0 radical (unpaired) electrons. The number of amides is 1. The largest absolute Gasteiger partial charge is 0.368 e. The summed E-state index contributed by atoms with van der Waals surface area (Å²) in [6.07, 6.45) is 1.29. The Morgan fingerprint density at radius 3 is 2.79 bits per heavy atom. The molecule has 1 aliphatic rings. The average Bonchev–Trinajstić information content (AvgIpc) is 3.06. The first-order valence-corrected chi connectivity index (χ1v) is 9.13. The molecule has 28 heavy (non-hydrogen) atoms. The minimum atomic E-state index is -0.305. The molecule has 1 amide bonds. The van der Waals surface area contributed by atoms with Gasteiger partial charge in [0.05, 0.1) is 35.8 Å². The Morgan fingerprint density at radius 1 is 1.18 bits per heavy atom. The van der Waals surface area contributed by atoms with Crippen LogP contribution in [0.1, 0.15) is 39.6 Å². The molecule has 4 heterocycles. The number of rotatable bonds is 3. The second kappa shape index (κ2) is 7.47. The molecular formula is C20H21N5O3. The van der Waals surface area contributed by atoms with Gasteiger partial charge in [-0.15, -0.1) is 0 Å². The van der Waals surface area contributed by atoms with Gasteiger partial charge >= 0.3 is 0 Å². The lowest BCUT2D eigenvalue weighted by atomic mass is 10.1. The highest BCUT2D eigenvalue weighted by molar-refractivity contribution is 5.92. The molecule has 0 unspecified atom stereocenters. The predicted octanol–water partition coefficient (Wildman–Crippen LogP) is 2.67. The van der Waals surface area contributed by atoms with Crippen LogP contribution in [0.25, 0.3) is 11.3 Å². The maximum atomic E-state index is 12.8. The molecule has 0 bridgehead atoms. The average molecular weight is 379 g/mol. The standard InChI is InChI=1S/C20H21N5O3/c1-12-19(13(2)28-24-12)16-6-4-5-15(23-16)18-11-25(9-10-27-18)20(26)17-7-8-21-14(3)22-17/h4-8,18H,9-11H2,1-3H3/t18-/m0/s1. The van der Waals surface area contributed by atoms with Gasteiger partial charge in [0.15, 0.2) is 0 Å². The van der Waals surface area contributed by atoms with Gasteiger partial charge < -0.3 is 14.2 Å². The van der Waals surface area contributed by atoms with Crippen LogP contribution in [0, 0.1) is 20.8 Å². The number of pyridine rings is 1. The van der Waals surface area contributed by atoms with Gasteiger partial charge in [0.25, 0.3) is 5.91 Å². The van der Waals surface area contributed by atoms with E-state index in [-0.39, 0.29) is 12.0 Å². The molecule has 0 spiro atoms. The van der Waals surface area contributed by atoms with Crippen molar-refractivity contribution in [3.63, 3.8) is 0 Å². The summed E-state index contributed by atoms with van der Waals surface area (Å²) in [5.74, 6) is 1.17. The number of aromatic nitrogens is 4. The number of nitrogens with zero attached hydrogens (tertiary/aromatic N) is 5. The number of carbonyl (C=O) groups is 1. The molecule has 144 valence electrons. The molecule has 3 aromatic heterocycles. The summed E-state index contributed by atoms with van der Waals surface area (Å²) in [6, 6.07) is 7.40. The lowest BCUT2D eigenvalue weighted by molar-refractivity contribution is -0.0248. The van der Waals surface area contributed by atoms with E-state index in [4.69, 9.17) is 14.2 Å². The predicted molar refractivity (Wildman–Crippen MR) is 101 cm³/mol. The zero-order valence-corrected chi connectivity index (χ0v) is 16.0. The molecule has 3 aromatic rings. The van der Waals surface area contributed by atoms with E-state index in [1.165, 1.54) is 0 Å². The van der Waals surface area contributed by atoms with E-state index in [2.05, 4.69) is 15.1 Å². The second-order valence-corrected chi connectivity index (χ2v) is 6.75. The molecule has 4 rings (SSSR count). The van der Waals surface area contributed by atoms with Gasteiger partial charge in [-0.25, -0.2) is 15.0 Å². The van der Waals surface area contributed by atoms with E-state index >= 15 is 0 Å². The monoisotopic (exact) mass is 379 g/mol. The summed E-state index contributed by atoms with van der Waals surface area (Å²) in [5.41, 5.74) is 3.64. The van der Waals surface area contributed by atoms with Crippen LogP contribution < -0.4 is 0 Å². The highest BCUT2D eigenvalue weighted by Gasteiger charge is 2.28. The Morgan fingerprint density at radius 2 is 2.04 bits per heavy atom. The Hall–Kier alpha value is -3.13. The smallest absolute Gasteiger partial charge is 0.272 e. The molecule has 1 atom stereocenters. The Labute approximate surface area is 162 Å². The minimum Gasteiger partial charge on any atom is -0.368 e. The molecule has 1 aliphatic heterocycles. The summed E-state index contributed by atoms with van der Waals surface area (Å²) in [6.45, 7) is 6.90. The first-order valence-electron chi connectivity index (χ1n) is 9.13. The first kappa shape index (κ1) is 18.2. The molecule has 1 saturated heterocycles. The fourth-order valence-electron chi connectivity index (χ4n) is 3.37. The van der Waals surface area contributed by atoms with Crippen molar-refractivity contribution < 1.29 is 14.1 Å². The summed E-state index contributed by atoms with van der Waals surface area (Å²) >= 11 is 0. The van der Waals surface area contributed by atoms with Crippen molar-refractivity contribution in [1.29, 1.82) is 0 Å². The van der Waals surface area contributed by atoms with Gasteiger partial charge in [-0.2, -0.15) is 0 Å². The van der Waals surface area contributed by atoms with Crippen molar-refractivity contribution in [2.24, 2.45) is 0 Å². The van der Waals surface area contributed by atoms with E-state index in [1.54, 1.807) is 24.1 Å².